The Morgan fingerprint density at radius 3 is 1.85 bits per heavy atom. The van der Waals surface area contributed by atoms with Gasteiger partial charge in [0.2, 0.25) is 0 Å². The van der Waals surface area contributed by atoms with Crippen molar-refractivity contribution in [3.63, 3.8) is 0 Å². The lowest BCUT2D eigenvalue weighted by atomic mass is 9.97. The Labute approximate surface area is 342 Å². The van der Waals surface area contributed by atoms with Gasteiger partial charge in [0.05, 0.1) is 23.0 Å². The number of hydrogen-bond donors (Lipinski definition) is 0. The van der Waals surface area contributed by atoms with Gasteiger partial charge in [-0.05, 0) is 89.9 Å². The van der Waals surface area contributed by atoms with E-state index in [1.807, 2.05) is 36.4 Å². The molecule has 0 bridgehead atoms. The van der Waals surface area contributed by atoms with Crippen molar-refractivity contribution in [3.05, 3.63) is 204 Å². The molecular weight excluding hydrogens is 733 g/mol. The highest BCUT2D eigenvalue weighted by molar-refractivity contribution is 6.45. The van der Waals surface area contributed by atoms with Gasteiger partial charge in [0.1, 0.15) is 11.2 Å². The Morgan fingerprint density at radius 2 is 1.05 bits per heavy atom. The zero-order chi connectivity index (χ0) is 39.1. The van der Waals surface area contributed by atoms with Gasteiger partial charge in [0.15, 0.2) is 0 Å². The van der Waals surface area contributed by atoms with Crippen molar-refractivity contribution in [3.8, 4) is 5.69 Å². The molecule has 3 heterocycles. The number of hydrogen-bond acceptors (Lipinski definition) is 3. The molecule has 11 aromatic carbocycles. The molecule has 0 aliphatic carbocycles. The van der Waals surface area contributed by atoms with Crippen molar-refractivity contribution in [1.29, 1.82) is 0 Å². The van der Waals surface area contributed by atoms with E-state index >= 15 is 0 Å². The molecule has 1 atom stereocenters. The molecule has 0 N–H and O–H groups in total. The molecule has 13 aromatic rings. The topological polar surface area (TPSA) is 56.9 Å². The number of rotatable bonds is 4. The lowest BCUT2D eigenvalue weighted by Gasteiger charge is -2.32. The Balaban J connectivity index is 1.02. The summed E-state index contributed by atoms with van der Waals surface area (Å²) in [7, 11) is 0. The fraction of sp³-hybridized carbons (Fsp3) is 0.0182. The molecule has 0 spiro atoms. The summed E-state index contributed by atoms with van der Waals surface area (Å²) >= 11 is 0. The molecule has 5 heteroatoms. The molecule has 0 saturated heterocycles. The second-order valence-electron chi connectivity index (χ2n) is 16.0. The standard InChI is InChI=1S/C55H31N4O/c1-2-13-31(14-3-1)53-56-54(58-55(57-53)43-24-11-23-42-38-21-8-9-26-47(38)60-52(42)43)32-15-10-16-33(29-32)59-45-25-12-22-39-34-17-4-5-18-35(34)41-28-27-40-36-19-6-7-20-37(36)44-30-46(59)51(49(39)45)50(41)48(40)44/h1-30,55H/q-1. The van der Waals surface area contributed by atoms with E-state index in [0.717, 1.165) is 44.3 Å². The molecule has 278 valence electrons. The number of furan rings is 1. The fourth-order valence-corrected chi connectivity index (χ4v) is 10.3. The number of para-hydroxylation sites is 2. The summed E-state index contributed by atoms with van der Waals surface area (Å²) < 4.78 is 8.98. The van der Waals surface area contributed by atoms with E-state index in [0.29, 0.717) is 11.7 Å². The van der Waals surface area contributed by atoms with Gasteiger partial charge < -0.3 is 19.3 Å². The Hall–Kier alpha value is -8.02. The molecule has 1 unspecified atom stereocenters. The first kappa shape index (κ1) is 32.0. The highest BCUT2D eigenvalue weighted by Gasteiger charge is 2.25. The van der Waals surface area contributed by atoms with Crippen molar-refractivity contribution in [2.45, 2.75) is 6.17 Å². The predicted molar refractivity (Wildman–Crippen MR) is 250 cm³/mol. The Kier molecular flexibility index (Phi) is 6.28. The van der Waals surface area contributed by atoms with Gasteiger partial charge in [-0.15, -0.1) is 0 Å². The largest absolute Gasteiger partial charge is 0.456 e. The SMILES string of the molecule is c1ccc(C2=NC(c3cccc4c3oc3ccccc34)[N-]C(c3cccc(-n4c5cccc6c7ccccc7c7ccc8c9ccccc9c9cc4c(c7c89)c65)c3)=N2)cc1. The number of fused-ring (bicyclic) bond motifs is 9. The molecule has 2 aromatic heterocycles. The maximum absolute atomic E-state index is 6.52. The molecular formula is C55H31N4O-. The molecule has 0 saturated carbocycles. The van der Waals surface area contributed by atoms with Crippen LogP contribution >= 0.6 is 0 Å². The van der Waals surface area contributed by atoms with Crippen molar-refractivity contribution in [2.75, 3.05) is 0 Å². The minimum atomic E-state index is -0.558. The quantitative estimate of drug-likeness (QED) is 0.176. The van der Waals surface area contributed by atoms with Crippen LogP contribution in [0, 0.1) is 0 Å². The number of aromatic nitrogens is 1. The average molecular weight is 764 g/mol. The summed E-state index contributed by atoms with van der Waals surface area (Å²) in [6.07, 6.45) is -0.558. The highest BCUT2D eigenvalue weighted by atomic mass is 16.3. The second kappa shape index (κ2) is 11.8. The normalized spacial score (nSPS) is 14.8. The summed E-state index contributed by atoms with van der Waals surface area (Å²) in [5.74, 6) is 1.27. The molecule has 14 rings (SSSR count). The molecule has 5 nitrogen and oxygen atoms in total. The zero-order valence-corrected chi connectivity index (χ0v) is 32.1. The van der Waals surface area contributed by atoms with E-state index in [1.54, 1.807) is 0 Å². The summed E-state index contributed by atoms with van der Waals surface area (Å²) in [6, 6.07) is 65.0. The van der Waals surface area contributed by atoms with Crippen LogP contribution in [0.1, 0.15) is 22.9 Å². The highest BCUT2D eigenvalue weighted by Crippen LogP contribution is 2.50. The van der Waals surface area contributed by atoms with E-state index in [-0.39, 0.29) is 0 Å². The molecule has 1 aliphatic rings. The van der Waals surface area contributed by atoms with E-state index < -0.39 is 6.17 Å². The van der Waals surface area contributed by atoms with Gasteiger partial charge in [0, 0.05) is 38.2 Å². The second-order valence-corrected chi connectivity index (χ2v) is 16.0. The van der Waals surface area contributed by atoms with E-state index in [9.17, 15) is 0 Å². The first-order valence-corrected chi connectivity index (χ1v) is 20.5. The van der Waals surface area contributed by atoms with Crippen LogP contribution in [0.3, 0.4) is 0 Å². The lowest BCUT2D eigenvalue weighted by Crippen LogP contribution is -2.16. The number of amidine groups is 2. The van der Waals surface area contributed by atoms with Crippen LogP contribution in [-0.2, 0) is 0 Å². The molecule has 0 amide bonds. The third-order valence-corrected chi connectivity index (χ3v) is 12.9. The number of nitrogens with zero attached hydrogens (tertiary/aromatic N) is 4. The minimum Gasteiger partial charge on any atom is -0.456 e. The smallest absolute Gasteiger partial charge is 0.140 e. The maximum atomic E-state index is 6.52. The third kappa shape index (κ3) is 4.25. The van der Waals surface area contributed by atoms with Crippen LogP contribution in [0.4, 0.5) is 0 Å². The van der Waals surface area contributed by atoms with Gasteiger partial charge in [-0.2, -0.15) is 0 Å². The molecule has 0 fully saturated rings. The minimum absolute atomic E-state index is 0.558. The summed E-state index contributed by atoms with van der Waals surface area (Å²) in [4.78, 5) is 10.4. The molecule has 60 heavy (non-hydrogen) atoms. The van der Waals surface area contributed by atoms with Crippen molar-refractivity contribution in [2.24, 2.45) is 9.98 Å². The predicted octanol–water partition coefficient (Wildman–Crippen LogP) is 14.6. The Bertz CT molecular complexity index is 3980. The van der Waals surface area contributed by atoms with E-state index in [2.05, 4.69) is 150 Å². The monoisotopic (exact) mass is 763 g/mol. The van der Waals surface area contributed by atoms with E-state index in [1.165, 1.54) is 75.7 Å². The lowest BCUT2D eigenvalue weighted by molar-refractivity contribution is 0.658. The third-order valence-electron chi connectivity index (χ3n) is 12.9. The summed E-state index contributed by atoms with van der Waals surface area (Å²) in [5, 5.41) is 22.9. The molecule has 1 aliphatic heterocycles. The fourth-order valence-electron chi connectivity index (χ4n) is 10.3. The molecule has 0 radical (unpaired) electrons. The van der Waals surface area contributed by atoms with Gasteiger partial charge >= 0.3 is 0 Å². The van der Waals surface area contributed by atoms with Crippen LogP contribution in [0.25, 0.3) is 109 Å². The average Bonchev–Trinajstić information content (AvgIpc) is 3.95. The van der Waals surface area contributed by atoms with Gasteiger partial charge in [-0.25, -0.2) is 0 Å². The zero-order valence-electron chi connectivity index (χ0n) is 32.1. The van der Waals surface area contributed by atoms with Crippen molar-refractivity contribution >= 4 is 109 Å². The van der Waals surface area contributed by atoms with Gasteiger partial charge in [-0.3, -0.25) is 4.99 Å². The number of benzene rings is 9. The first-order valence-electron chi connectivity index (χ1n) is 20.5. The van der Waals surface area contributed by atoms with Crippen molar-refractivity contribution < 1.29 is 4.42 Å². The van der Waals surface area contributed by atoms with Crippen LogP contribution in [-0.4, -0.2) is 16.2 Å². The van der Waals surface area contributed by atoms with Crippen LogP contribution in [0.15, 0.2) is 196 Å². The first-order chi connectivity index (χ1) is 29.8. The van der Waals surface area contributed by atoms with Gasteiger partial charge in [-0.1, -0.05) is 157 Å². The summed E-state index contributed by atoms with van der Waals surface area (Å²) in [5.41, 5.74) is 7.81. The van der Waals surface area contributed by atoms with Crippen molar-refractivity contribution in [1.82, 2.24) is 4.57 Å². The van der Waals surface area contributed by atoms with Gasteiger partial charge in [0.25, 0.3) is 0 Å². The van der Waals surface area contributed by atoms with Crippen LogP contribution in [0.2, 0.25) is 0 Å². The Morgan fingerprint density at radius 1 is 0.433 bits per heavy atom. The number of aliphatic imine (C=N–C) groups is 2. The van der Waals surface area contributed by atoms with E-state index in [4.69, 9.17) is 19.7 Å². The van der Waals surface area contributed by atoms with Crippen LogP contribution in [0.5, 0.6) is 0 Å². The summed E-state index contributed by atoms with van der Waals surface area (Å²) in [6.45, 7) is 0. The van der Waals surface area contributed by atoms with Crippen LogP contribution < -0.4 is 0 Å². The maximum Gasteiger partial charge on any atom is 0.140 e.